The molecule has 4 aromatic rings. The number of fused-ring (bicyclic) bond motifs is 1. The Kier molecular flexibility index (Phi) is 3.69. The van der Waals surface area contributed by atoms with E-state index in [1.165, 1.54) is 4.68 Å². The van der Waals surface area contributed by atoms with Crippen molar-refractivity contribution in [3.63, 3.8) is 0 Å². The topological polar surface area (TPSA) is 70.7 Å². The number of nitrogens with zero attached hydrogens (tertiary/aromatic N) is 1. The largest absolute Gasteiger partial charge is 0.321 e. The van der Waals surface area contributed by atoms with Crippen LogP contribution in [-0.2, 0) is 0 Å². The molecule has 2 N–H and O–H groups in total. The average Bonchev–Trinajstić information content (AvgIpc) is 2.91. The van der Waals surface area contributed by atoms with E-state index in [0.29, 0.717) is 21.8 Å². The lowest BCUT2D eigenvalue weighted by molar-refractivity contribution is 0.838. The van der Waals surface area contributed by atoms with Gasteiger partial charge in [0.15, 0.2) is 0 Å². The summed E-state index contributed by atoms with van der Waals surface area (Å²) in [5.41, 5.74) is 2.49. The second-order valence-corrected chi connectivity index (χ2v) is 6.27. The Labute approximate surface area is 148 Å². The fourth-order valence-electron chi connectivity index (χ4n) is 3.00. The number of hydrogen-bond acceptors (Lipinski definition) is 2. The minimum absolute atomic E-state index is 0.241. The van der Waals surface area contributed by atoms with Crippen molar-refractivity contribution in [2.24, 2.45) is 0 Å². The van der Waals surface area contributed by atoms with E-state index in [9.17, 15) is 9.59 Å². The molecule has 0 spiro atoms. The van der Waals surface area contributed by atoms with Gasteiger partial charge in [-0.3, -0.25) is 14.7 Å². The molecule has 5 nitrogen and oxygen atoms in total. The molecule has 0 amide bonds. The Morgan fingerprint density at radius 3 is 2.58 bits per heavy atom. The van der Waals surface area contributed by atoms with Crippen LogP contribution in [0.1, 0.15) is 11.1 Å². The molecule has 0 radical (unpaired) electrons. The summed E-state index contributed by atoms with van der Waals surface area (Å²) in [6.07, 6.45) is 1.58. The van der Waals surface area contributed by atoms with Crippen molar-refractivity contribution in [2.75, 3.05) is 0 Å². The molecule has 0 unspecified atom stereocenters. The van der Waals surface area contributed by atoms with E-state index in [0.717, 1.165) is 16.5 Å². The van der Waals surface area contributed by atoms with E-state index < -0.39 is 0 Å². The predicted octanol–water partition coefficient (Wildman–Crippen LogP) is 1.55. The molecule has 0 atom stereocenters. The van der Waals surface area contributed by atoms with Crippen LogP contribution in [0.3, 0.4) is 0 Å². The van der Waals surface area contributed by atoms with Crippen LogP contribution in [0.4, 0.5) is 0 Å². The average molecular weight is 343 g/mol. The van der Waals surface area contributed by atoms with Crippen LogP contribution in [0, 0.1) is 6.92 Å². The summed E-state index contributed by atoms with van der Waals surface area (Å²) in [7, 11) is 0. The third kappa shape index (κ3) is 2.69. The molecule has 0 aliphatic rings. The molecule has 0 aliphatic carbocycles. The van der Waals surface area contributed by atoms with E-state index in [-0.39, 0.29) is 11.1 Å². The van der Waals surface area contributed by atoms with E-state index in [1.807, 2.05) is 55.5 Å². The van der Waals surface area contributed by atoms with Gasteiger partial charge in [-0.1, -0.05) is 36.9 Å². The minimum Gasteiger partial charge on any atom is -0.321 e. The number of rotatable bonds is 2. The van der Waals surface area contributed by atoms with Crippen molar-refractivity contribution in [1.82, 2.24) is 14.8 Å². The van der Waals surface area contributed by atoms with Crippen molar-refractivity contribution in [1.29, 1.82) is 0 Å². The Bertz CT molecular complexity index is 1340. The molecule has 128 valence electrons. The highest BCUT2D eigenvalue weighted by Gasteiger charge is 2.06. The Morgan fingerprint density at radius 1 is 1.04 bits per heavy atom. The number of H-pyrrole nitrogens is 2. The number of nitrogens with one attached hydrogen (secondary N) is 2. The number of aryl methyl sites for hydroxylation is 1. The van der Waals surface area contributed by atoms with Crippen molar-refractivity contribution in [3.8, 4) is 5.69 Å². The van der Waals surface area contributed by atoms with Gasteiger partial charge in [-0.2, -0.15) is 0 Å². The van der Waals surface area contributed by atoms with Crippen LogP contribution in [0.5, 0.6) is 0 Å². The first-order chi connectivity index (χ1) is 12.5. The van der Waals surface area contributed by atoms with E-state index in [2.05, 4.69) is 16.7 Å². The summed E-state index contributed by atoms with van der Waals surface area (Å²) in [5, 5.41) is 4.70. The van der Waals surface area contributed by atoms with Crippen molar-refractivity contribution >= 4 is 23.6 Å². The zero-order valence-electron chi connectivity index (χ0n) is 14.2. The van der Waals surface area contributed by atoms with Crippen LogP contribution in [0.25, 0.3) is 29.2 Å². The Balaban J connectivity index is 1.94. The first-order valence-electron chi connectivity index (χ1n) is 8.24. The summed E-state index contributed by atoms with van der Waals surface area (Å²) >= 11 is 0. The lowest BCUT2D eigenvalue weighted by Gasteiger charge is -2.01. The van der Waals surface area contributed by atoms with Gasteiger partial charge in [0.25, 0.3) is 11.1 Å². The number of para-hydroxylation sites is 1. The van der Waals surface area contributed by atoms with Crippen LogP contribution < -0.4 is 21.7 Å². The maximum absolute atomic E-state index is 12.8. The third-order valence-corrected chi connectivity index (χ3v) is 4.35. The smallest absolute Gasteiger partial charge is 0.279 e. The quantitative estimate of drug-likeness (QED) is 0.580. The predicted molar refractivity (Wildman–Crippen MR) is 104 cm³/mol. The van der Waals surface area contributed by atoms with E-state index >= 15 is 0 Å². The van der Waals surface area contributed by atoms with Gasteiger partial charge in [0, 0.05) is 11.1 Å². The summed E-state index contributed by atoms with van der Waals surface area (Å²) in [6, 6.07) is 16.9. The molecule has 4 rings (SSSR count). The molecule has 0 saturated carbocycles. The van der Waals surface area contributed by atoms with Crippen molar-refractivity contribution in [3.05, 3.63) is 97.0 Å². The lowest BCUT2D eigenvalue weighted by atomic mass is 10.1. The van der Waals surface area contributed by atoms with Gasteiger partial charge in [0.05, 0.1) is 16.3 Å². The standard InChI is InChI=1S/C21H17N3O2/c1-13-8-9-15-11-16(20(25)22-19(15)10-13)12-18-14(2)23-24(21(18)26)17-6-4-3-5-7-17/h3-12,23H,2H2,1H3,(H,22,25)/b18-12+. The van der Waals surface area contributed by atoms with Gasteiger partial charge in [0.2, 0.25) is 0 Å². The zero-order valence-corrected chi connectivity index (χ0v) is 14.2. The molecule has 0 saturated heterocycles. The second-order valence-electron chi connectivity index (χ2n) is 6.27. The fraction of sp³-hybridized carbons (Fsp3) is 0.0476. The summed E-state index contributed by atoms with van der Waals surface area (Å²) in [5.74, 6) is 0. The molecule has 0 bridgehead atoms. The van der Waals surface area contributed by atoms with Gasteiger partial charge in [0.1, 0.15) is 0 Å². The highest BCUT2D eigenvalue weighted by molar-refractivity contribution is 5.81. The van der Waals surface area contributed by atoms with Crippen molar-refractivity contribution in [2.45, 2.75) is 6.92 Å². The van der Waals surface area contributed by atoms with Gasteiger partial charge >= 0.3 is 0 Å². The van der Waals surface area contributed by atoms with Crippen molar-refractivity contribution < 1.29 is 0 Å². The second kappa shape index (κ2) is 6.04. The maximum atomic E-state index is 12.8. The molecule has 26 heavy (non-hydrogen) atoms. The SMILES string of the molecule is C=c1[nH]n(-c2ccccc2)c(=O)/c1=C/c1cc2ccc(C)cc2[nH]c1=O. The number of aromatic amines is 2. The third-order valence-electron chi connectivity index (χ3n) is 4.35. The normalized spacial score (nSPS) is 12.0. The van der Waals surface area contributed by atoms with E-state index in [1.54, 1.807) is 12.1 Å². The number of aromatic nitrogens is 3. The zero-order chi connectivity index (χ0) is 18.3. The number of benzene rings is 2. The maximum Gasteiger partial charge on any atom is 0.279 e. The van der Waals surface area contributed by atoms with Gasteiger partial charge in [-0.25, -0.2) is 4.68 Å². The molecule has 0 aliphatic heterocycles. The summed E-state index contributed by atoms with van der Waals surface area (Å²) in [6.45, 7) is 5.88. The molecule has 2 aromatic carbocycles. The molecule has 5 heteroatoms. The van der Waals surface area contributed by atoms with Crippen LogP contribution in [0.2, 0.25) is 0 Å². The highest BCUT2D eigenvalue weighted by Crippen LogP contribution is 2.13. The monoisotopic (exact) mass is 343 g/mol. The number of hydrogen-bond donors (Lipinski definition) is 2. The van der Waals surface area contributed by atoms with Gasteiger partial charge < -0.3 is 4.98 Å². The number of pyridine rings is 1. The molecule has 2 heterocycles. The lowest BCUT2D eigenvalue weighted by Crippen LogP contribution is -2.34. The molecule has 0 fully saturated rings. The Morgan fingerprint density at radius 2 is 1.81 bits per heavy atom. The minimum atomic E-state index is -0.246. The first kappa shape index (κ1) is 15.9. The Hall–Kier alpha value is -3.60. The van der Waals surface area contributed by atoms with Gasteiger partial charge in [-0.05, 0) is 48.2 Å². The van der Waals surface area contributed by atoms with Crippen LogP contribution in [0.15, 0.2) is 64.2 Å². The molecular formula is C21H17N3O2. The summed E-state index contributed by atoms with van der Waals surface area (Å²) < 4.78 is 1.42. The summed E-state index contributed by atoms with van der Waals surface area (Å²) in [4.78, 5) is 28.1. The first-order valence-corrected chi connectivity index (χ1v) is 8.24. The van der Waals surface area contributed by atoms with Gasteiger partial charge in [-0.15, -0.1) is 0 Å². The fourth-order valence-corrected chi connectivity index (χ4v) is 3.00. The van der Waals surface area contributed by atoms with E-state index in [4.69, 9.17) is 0 Å². The van der Waals surface area contributed by atoms with Crippen LogP contribution in [-0.4, -0.2) is 14.8 Å². The highest BCUT2D eigenvalue weighted by atomic mass is 16.1. The molecular weight excluding hydrogens is 326 g/mol. The molecule has 2 aromatic heterocycles. The van der Waals surface area contributed by atoms with Crippen LogP contribution >= 0.6 is 0 Å².